The van der Waals surface area contributed by atoms with Crippen molar-refractivity contribution >= 4 is 17.7 Å². The van der Waals surface area contributed by atoms with Crippen LogP contribution in [0.15, 0.2) is 84.0 Å². The fourth-order valence-corrected chi connectivity index (χ4v) is 4.12. The largest absolute Gasteiger partial charge is 0.341 e. The Morgan fingerprint density at radius 2 is 1.72 bits per heavy atom. The van der Waals surface area contributed by atoms with Gasteiger partial charge in [-0.05, 0) is 42.0 Å². The van der Waals surface area contributed by atoms with Gasteiger partial charge in [-0.15, -0.1) is 10.2 Å². The molecule has 0 saturated carbocycles. The lowest BCUT2D eigenvalue weighted by Gasteiger charge is -2.17. The van der Waals surface area contributed by atoms with Gasteiger partial charge in [-0.2, -0.15) is 0 Å². The number of hydrogen-bond donors (Lipinski definition) is 0. The monoisotopic (exact) mass is 450 g/mol. The van der Waals surface area contributed by atoms with Crippen molar-refractivity contribution in [3.05, 3.63) is 96.1 Å². The number of nitrogens with zero attached hydrogens (tertiary/aromatic N) is 4. The zero-order chi connectivity index (χ0) is 22.5. The quantitative estimate of drug-likeness (QED) is 0.374. The fourth-order valence-electron chi connectivity index (χ4n) is 3.22. The summed E-state index contributed by atoms with van der Waals surface area (Å²) in [6.07, 6.45) is 0. The van der Waals surface area contributed by atoms with E-state index in [1.54, 1.807) is 41.9 Å². The van der Waals surface area contributed by atoms with Crippen LogP contribution < -0.4 is 0 Å². The second kappa shape index (κ2) is 9.74. The number of carbonyl (C=O) groups excluding carboxylic acids is 1. The van der Waals surface area contributed by atoms with E-state index in [1.165, 1.54) is 34.9 Å². The Hall–Kier alpha value is -3.52. The van der Waals surface area contributed by atoms with Gasteiger partial charge in [-0.3, -0.25) is 9.36 Å². The van der Waals surface area contributed by atoms with Gasteiger partial charge >= 0.3 is 0 Å². The van der Waals surface area contributed by atoms with E-state index in [9.17, 15) is 13.6 Å². The van der Waals surface area contributed by atoms with Gasteiger partial charge in [0.1, 0.15) is 11.6 Å². The second-order valence-electron chi connectivity index (χ2n) is 7.13. The molecule has 32 heavy (non-hydrogen) atoms. The molecule has 0 spiro atoms. The number of halogens is 2. The predicted molar refractivity (Wildman–Crippen MR) is 120 cm³/mol. The number of thioether (sulfide) groups is 1. The number of benzene rings is 3. The van der Waals surface area contributed by atoms with Gasteiger partial charge in [-0.25, -0.2) is 8.78 Å². The van der Waals surface area contributed by atoms with Crippen LogP contribution >= 0.6 is 11.8 Å². The normalized spacial score (nSPS) is 10.8. The highest BCUT2D eigenvalue weighted by Gasteiger charge is 2.20. The summed E-state index contributed by atoms with van der Waals surface area (Å²) >= 11 is 1.22. The summed E-state index contributed by atoms with van der Waals surface area (Å²) in [5.74, 6) is -0.422. The predicted octanol–water partition coefficient (Wildman–Crippen LogP) is 4.96. The number of para-hydroxylation sites is 1. The topological polar surface area (TPSA) is 51.0 Å². The Kier molecular flexibility index (Phi) is 6.61. The molecule has 0 unspecified atom stereocenters. The summed E-state index contributed by atoms with van der Waals surface area (Å²) in [6, 6.07) is 21.9. The molecule has 0 aliphatic carbocycles. The molecule has 4 rings (SSSR count). The van der Waals surface area contributed by atoms with Crippen molar-refractivity contribution in [2.75, 3.05) is 12.8 Å². The minimum absolute atomic E-state index is 0.105. The van der Waals surface area contributed by atoms with Crippen LogP contribution in [0.5, 0.6) is 0 Å². The number of hydrogen-bond acceptors (Lipinski definition) is 4. The Balaban J connectivity index is 1.56. The lowest BCUT2D eigenvalue weighted by molar-refractivity contribution is -0.127. The lowest BCUT2D eigenvalue weighted by Crippen LogP contribution is -2.28. The Labute approximate surface area is 188 Å². The van der Waals surface area contributed by atoms with Crippen molar-refractivity contribution in [3.63, 3.8) is 0 Å². The maximum absolute atomic E-state index is 14.5. The van der Waals surface area contributed by atoms with Crippen molar-refractivity contribution in [3.8, 4) is 17.1 Å². The van der Waals surface area contributed by atoms with Gasteiger partial charge in [0.05, 0.1) is 11.3 Å². The van der Waals surface area contributed by atoms with E-state index in [2.05, 4.69) is 10.2 Å². The summed E-state index contributed by atoms with van der Waals surface area (Å²) in [5.41, 5.74) is 1.80. The molecule has 5 nitrogen and oxygen atoms in total. The third kappa shape index (κ3) is 4.86. The van der Waals surface area contributed by atoms with Gasteiger partial charge in [0.15, 0.2) is 11.0 Å². The molecule has 0 saturated heterocycles. The van der Waals surface area contributed by atoms with E-state index >= 15 is 0 Å². The molecule has 0 aliphatic heterocycles. The SMILES string of the molecule is CN(Cc1cccc(F)c1)C(=O)CSc1nnc(-c2ccccc2F)n1-c1ccccc1. The van der Waals surface area contributed by atoms with Gasteiger partial charge in [0.25, 0.3) is 0 Å². The molecule has 3 aromatic carbocycles. The molecule has 0 N–H and O–H groups in total. The first kappa shape index (κ1) is 21.7. The molecule has 1 amide bonds. The first-order valence-electron chi connectivity index (χ1n) is 9.90. The van der Waals surface area contributed by atoms with Crippen molar-refractivity contribution in [2.45, 2.75) is 11.7 Å². The number of aromatic nitrogens is 3. The molecule has 0 fully saturated rings. The average Bonchev–Trinajstić information content (AvgIpc) is 3.22. The van der Waals surface area contributed by atoms with Crippen molar-refractivity contribution in [1.82, 2.24) is 19.7 Å². The first-order valence-corrected chi connectivity index (χ1v) is 10.9. The zero-order valence-electron chi connectivity index (χ0n) is 17.3. The average molecular weight is 451 g/mol. The Bertz CT molecular complexity index is 1230. The molecule has 0 aliphatic rings. The molecule has 0 radical (unpaired) electrons. The summed E-state index contributed by atoms with van der Waals surface area (Å²) in [6.45, 7) is 0.295. The van der Waals surface area contributed by atoms with Crippen LogP contribution in [0.3, 0.4) is 0 Å². The van der Waals surface area contributed by atoms with E-state index in [0.29, 0.717) is 28.7 Å². The number of amides is 1. The molecule has 0 bridgehead atoms. The highest BCUT2D eigenvalue weighted by atomic mass is 32.2. The first-order chi connectivity index (χ1) is 15.5. The minimum Gasteiger partial charge on any atom is -0.341 e. The smallest absolute Gasteiger partial charge is 0.233 e. The van der Waals surface area contributed by atoms with Gasteiger partial charge in [0, 0.05) is 19.3 Å². The van der Waals surface area contributed by atoms with Crippen LogP contribution in [0, 0.1) is 11.6 Å². The molecule has 8 heteroatoms. The second-order valence-corrected chi connectivity index (χ2v) is 8.07. The van der Waals surface area contributed by atoms with Gasteiger partial charge in [0.2, 0.25) is 5.91 Å². The Morgan fingerprint density at radius 1 is 0.969 bits per heavy atom. The van der Waals surface area contributed by atoms with Crippen LogP contribution in [-0.4, -0.2) is 38.4 Å². The van der Waals surface area contributed by atoms with Gasteiger partial charge < -0.3 is 4.90 Å². The maximum Gasteiger partial charge on any atom is 0.233 e. The van der Waals surface area contributed by atoms with Crippen LogP contribution in [0.25, 0.3) is 17.1 Å². The Morgan fingerprint density at radius 3 is 2.47 bits per heavy atom. The van der Waals surface area contributed by atoms with E-state index < -0.39 is 5.82 Å². The number of carbonyl (C=O) groups is 1. The highest BCUT2D eigenvalue weighted by Crippen LogP contribution is 2.29. The third-order valence-corrected chi connectivity index (χ3v) is 5.74. The van der Waals surface area contributed by atoms with Crippen LogP contribution in [-0.2, 0) is 11.3 Å². The highest BCUT2D eigenvalue weighted by molar-refractivity contribution is 7.99. The van der Waals surface area contributed by atoms with E-state index in [1.807, 2.05) is 30.3 Å². The van der Waals surface area contributed by atoms with Crippen LogP contribution in [0.4, 0.5) is 8.78 Å². The lowest BCUT2D eigenvalue weighted by atomic mass is 10.2. The summed E-state index contributed by atoms with van der Waals surface area (Å²) in [7, 11) is 1.67. The fraction of sp³-hybridized carbons (Fsp3) is 0.125. The molecule has 162 valence electrons. The maximum atomic E-state index is 14.5. The van der Waals surface area contributed by atoms with E-state index in [-0.39, 0.29) is 17.5 Å². The summed E-state index contributed by atoms with van der Waals surface area (Å²) in [4.78, 5) is 14.2. The van der Waals surface area contributed by atoms with Crippen LogP contribution in [0.1, 0.15) is 5.56 Å². The zero-order valence-corrected chi connectivity index (χ0v) is 18.1. The molecule has 4 aromatic rings. The molecular formula is C24H20F2N4OS. The van der Waals surface area contributed by atoms with E-state index in [4.69, 9.17) is 0 Å². The van der Waals surface area contributed by atoms with E-state index in [0.717, 1.165) is 5.69 Å². The molecule has 0 atom stereocenters. The van der Waals surface area contributed by atoms with Crippen molar-refractivity contribution in [1.29, 1.82) is 0 Å². The van der Waals surface area contributed by atoms with Crippen LogP contribution in [0.2, 0.25) is 0 Å². The third-order valence-electron chi connectivity index (χ3n) is 4.82. The number of rotatable bonds is 7. The molecule has 1 heterocycles. The molecule has 1 aromatic heterocycles. The van der Waals surface area contributed by atoms with Crippen molar-refractivity contribution < 1.29 is 13.6 Å². The minimum atomic E-state index is -0.403. The summed E-state index contributed by atoms with van der Waals surface area (Å²) in [5, 5.41) is 8.91. The standard InChI is InChI=1S/C24H20F2N4OS/c1-29(15-17-8-7-9-18(25)14-17)22(31)16-32-24-28-27-23(20-12-5-6-13-21(20)26)30(24)19-10-3-2-4-11-19/h2-14H,15-16H2,1H3. The van der Waals surface area contributed by atoms with Gasteiger partial charge in [-0.1, -0.05) is 54.2 Å². The van der Waals surface area contributed by atoms with Crippen molar-refractivity contribution in [2.24, 2.45) is 0 Å². The summed E-state index contributed by atoms with van der Waals surface area (Å²) < 4.78 is 29.6. The molecular weight excluding hydrogens is 430 g/mol.